The third-order valence-electron chi connectivity index (χ3n) is 2.35. The minimum Gasteiger partial charge on any atom is -0.497 e. The van der Waals surface area contributed by atoms with E-state index in [0.29, 0.717) is 16.3 Å². The molecule has 18 heavy (non-hydrogen) atoms. The number of hydrogen-bond donors (Lipinski definition) is 0. The predicted octanol–water partition coefficient (Wildman–Crippen LogP) is 4.37. The second-order valence-corrected chi connectivity index (χ2v) is 5.08. The van der Waals surface area contributed by atoms with E-state index in [4.69, 9.17) is 21.6 Å². The van der Waals surface area contributed by atoms with Gasteiger partial charge < -0.3 is 4.74 Å². The lowest BCUT2D eigenvalue weighted by molar-refractivity contribution is 0.414. The topological polar surface area (TPSA) is 33.0 Å². The number of methoxy groups -OCH3 is 1. The van der Waals surface area contributed by atoms with Gasteiger partial charge in [-0.25, -0.2) is 0 Å². The Morgan fingerprint density at radius 2 is 1.89 bits per heavy atom. The molecule has 0 aliphatic heterocycles. The van der Waals surface area contributed by atoms with E-state index in [0.717, 1.165) is 9.79 Å². The summed E-state index contributed by atoms with van der Waals surface area (Å²) in [4.78, 5) is 1.95. The first-order valence-electron chi connectivity index (χ1n) is 5.24. The normalized spacial score (nSPS) is 9.83. The molecule has 0 aromatic heterocycles. The van der Waals surface area contributed by atoms with Crippen LogP contribution < -0.4 is 4.74 Å². The molecule has 0 bridgehead atoms. The average molecular weight is 276 g/mol. The Morgan fingerprint density at radius 3 is 2.50 bits per heavy atom. The number of nitrogens with zero attached hydrogens (tertiary/aromatic N) is 1. The zero-order valence-electron chi connectivity index (χ0n) is 9.68. The lowest BCUT2D eigenvalue weighted by Crippen LogP contribution is -1.86. The van der Waals surface area contributed by atoms with Crippen LogP contribution in [-0.4, -0.2) is 7.11 Å². The standard InChI is InChI=1S/C14H10ClNOS/c1-17-12-4-7-14(10(8-12)9-16)18-13-5-2-11(15)3-6-13/h2-8H,1H3. The van der Waals surface area contributed by atoms with Crippen molar-refractivity contribution in [1.29, 1.82) is 5.26 Å². The Balaban J connectivity index is 2.29. The van der Waals surface area contributed by atoms with Crippen molar-refractivity contribution in [3.05, 3.63) is 53.1 Å². The zero-order chi connectivity index (χ0) is 13.0. The maximum atomic E-state index is 9.12. The highest BCUT2D eigenvalue weighted by Crippen LogP contribution is 2.32. The monoisotopic (exact) mass is 275 g/mol. The summed E-state index contributed by atoms with van der Waals surface area (Å²) in [5, 5.41) is 9.82. The van der Waals surface area contributed by atoms with Gasteiger partial charge in [0.25, 0.3) is 0 Å². The van der Waals surface area contributed by atoms with Crippen LogP contribution in [-0.2, 0) is 0 Å². The highest BCUT2D eigenvalue weighted by Gasteiger charge is 2.06. The molecule has 0 radical (unpaired) electrons. The quantitative estimate of drug-likeness (QED) is 0.834. The van der Waals surface area contributed by atoms with Crippen molar-refractivity contribution in [1.82, 2.24) is 0 Å². The van der Waals surface area contributed by atoms with Gasteiger partial charge in [0, 0.05) is 14.8 Å². The summed E-state index contributed by atoms with van der Waals surface area (Å²) < 4.78 is 5.10. The van der Waals surface area contributed by atoms with Gasteiger partial charge in [-0.2, -0.15) is 5.26 Å². The Bertz CT molecular complexity index is 590. The van der Waals surface area contributed by atoms with Crippen molar-refractivity contribution in [3.63, 3.8) is 0 Å². The SMILES string of the molecule is COc1ccc(Sc2ccc(Cl)cc2)c(C#N)c1. The van der Waals surface area contributed by atoms with Gasteiger partial charge in [-0.3, -0.25) is 0 Å². The van der Waals surface area contributed by atoms with Crippen LogP contribution in [0.2, 0.25) is 5.02 Å². The molecule has 2 rings (SSSR count). The molecule has 0 N–H and O–H groups in total. The van der Waals surface area contributed by atoms with Crippen LogP contribution in [0.5, 0.6) is 5.75 Å². The lowest BCUT2D eigenvalue weighted by atomic mass is 10.2. The highest BCUT2D eigenvalue weighted by atomic mass is 35.5. The summed E-state index contributed by atoms with van der Waals surface area (Å²) in [6, 6.07) is 15.2. The minimum atomic E-state index is 0.606. The summed E-state index contributed by atoms with van der Waals surface area (Å²) in [6.45, 7) is 0. The fraction of sp³-hybridized carbons (Fsp3) is 0.0714. The largest absolute Gasteiger partial charge is 0.497 e. The predicted molar refractivity (Wildman–Crippen MR) is 73.3 cm³/mol. The van der Waals surface area contributed by atoms with Gasteiger partial charge in [-0.05, 0) is 42.5 Å². The molecule has 2 aromatic rings. The van der Waals surface area contributed by atoms with Crippen LogP contribution in [0.25, 0.3) is 0 Å². The fourth-order valence-corrected chi connectivity index (χ4v) is 2.44. The summed E-state index contributed by atoms with van der Waals surface area (Å²) >= 11 is 7.36. The minimum absolute atomic E-state index is 0.606. The van der Waals surface area contributed by atoms with Gasteiger partial charge in [0.05, 0.1) is 12.7 Å². The number of nitriles is 1. The molecule has 0 heterocycles. The first-order valence-corrected chi connectivity index (χ1v) is 6.44. The molecule has 0 unspecified atom stereocenters. The molecule has 0 atom stereocenters. The van der Waals surface area contributed by atoms with Gasteiger partial charge in [-0.15, -0.1) is 0 Å². The van der Waals surface area contributed by atoms with Crippen molar-refractivity contribution in [2.24, 2.45) is 0 Å². The van der Waals surface area contributed by atoms with Crippen molar-refractivity contribution in [3.8, 4) is 11.8 Å². The van der Waals surface area contributed by atoms with E-state index in [1.807, 2.05) is 36.4 Å². The van der Waals surface area contributed by atoms with E-state index >= 15 is 0 Å². The van der Waals surface area contributed by atoms with E-state index in [-0.39, 0.29) is 0 Å². The molecule has 0 saturated heterocycles. The third-order valence-corrected chi connectivity index (χ3v) is 3.68. The number of ether oxygens (including phenoxy) is 1. The van der Waals surface area contributed by atoms with Crippen LogP contribution in [0, 0.1) is 11.3 Å². The molecule has 0 aliphatic carbocycles. The van der Waals surface area contributed by atoms with Crippen LogP contribution in [0.4, 0.5) is 0 Å². The second-order valence-electron chi connectivity index (χ2n) is 3.53. The van der Waals surface area contributed by atoms with E-state index < -0.39 is 0 Å². The molecule has 2 nitrogen and oxygen atoms in total. The van der Waals surface area contributed by atoms with E-state index in [1.165, 1.54) is 11.8 Å². The summed E-state index contributed by atoms with van der Waals surface area (Å²) in [5.74, 6) is 0.687. The number of benzene rings is 2. The molecule has 90 valence electrons. The Labute approximate surface area is 115 Å². The van der Waals surface area contributed by atoms with Crippen molar-refractivity contribution < 1.29 is 4.74 Å². The smallest absolute Gasteiger partial charge is 0.120 e. The van der Waals surface area contributed by atoms with Gasteiger partial charge in [-0.1, -0.05) is 23.4 Å². The van der Waals surface area contributed by atoms with Crippen LogP contribution in [0.15, 0.2) is 52.3 Å². The second kappa shape index (κ2) is 5.81. The average Bonchev–Trinajstić information content (AvgIpc) is 2.41. The number of halogens is 1. The van der Waals surface area contributed by atoms with Crippen LogP contribution >= 0.6 is 23.4 Å². The van der Waals surface area contributed by atoms with Crippen molar-refractivity contribution in [2.45, 2.75) is 9.79 Å². The van der Waals surface area contributed by atoms with Crippen molar-refractivity contribution >= 4 is 23.4 Å². The number of hydrogen-bond acceptors (Lipinski definition) is 3. The first kappa shape index (κ1) is 12.8. The molecule has 0 saturated carbocycles. The molecule has 4 heteroatoms. The Morgan fingerprint density at radius 1 is 1.17 bits per heavy atom. The zero-order valence-corrected chi connectivity index (χ0v) is 11.3. The Hall–Kier alpha value is -1.63. The molecule has 0 spiro atoms. The summed E-state index contributed by atoms with van der Waals surface area (Å²) in [7, 11) is 1.59. The fourth-order valence-electron chi connectivity index (χ4n) is 1.44. The maximum Gasteiger partial charge on any atom is 0.120 e. The van der Waals surface area contributed by atoms with E-state index in [9.17, 15) is 0 Å². The first-order chi connectivity index (χ1) is 8.72. The molecule has 2 aromatic carbocycles. The van der Waals surface area contributed by atoms with Gasteiger partial charge in [0.1, 0.15) is 11.8 Å². The molecule has 0 fully saturated rings. The van der Waals surface area contributed by atoms with Gasteiger partial charge in [0.2, 0.25) is 0 Å². The van der Waals surface area contributed by atoms with Crippen molar-refractivity contribution in [2.75, 3.05) is 7.11 Å². The number of rotatable bonds is 3. The Kier molecular flexibility index (Phi) is 4.14. The maximum absolute atomic E-state index is 9.12. The summed E-state index contributed by atoms with van der Waals surface area (Å²) in [5.41, 5.74) is 0.606. The third kappa shape index (κ3) is 2.98. The molecule has 0 amide bonds. The molecule has 0 aliphatic rings. The molecular formula is C14H10ClNOS. The molecular weight excluding hydrogens is 266 g/mol. The lowest BCUT2D eigenvalue weighted by Gasteiger charge is -2.06. The highest BCUT2D eigenvalue weighted by molar-refractivity contribution is 7.99. The van der Waals surface area contributed by atoms with E-state index in [2.05, 4.69) is 6.07 Å². The van der Waals surface area contributed by atoms with Gasteiger partial charge >= 0.3 is 0 Å². The van der Waals surface area contributed by atoms with E-state index in [1.54, 1.807) is 13.2 Å². The van der Waals surface area contributed by atoms with Gasteiger partial charge in [0.15, 0.2) is 0 Å². The summed E-state index contributed by atoms with van der Waals surface area (Å²) in [6.07, 6.45) is 0. The van der Waals surface area contributed by atoms with Crippen LogP contribution in [0.1, 0.15) is 5.56 Å². The van der Waals surface area contributed by atoms with Crippen LogP contribution in [0.3, 0.4) is 0 Å².